The third-order valence-electron chi connectivity index (χ3n) is 4.16. The maximum Gasteiger partial charge on any atom is 0.239 e. The van der Waals surface area contributed by atoms with E-state index in [0.717, 1.165) is 25.8 Å². The first kappa shape index (κ1) is 14.3. The van der Waals surface area contributed by atoms with E-state index in [1.807, 2.05) is 0 Å². The van der Waals surface area contributed by atoms with E-state index in [1.165, 1.54) is 25.7 Å². The molecule has 19 heavy (non-hydrogen) atoms. The van der Waals surface area contributed by atoms with E-state index in [1.54, 1.807) is 11.9 Å². The zero-order valence-electron chi connectivity index (χ0n) is 11.8. The smallest absolute Gasteiger partial charge is 0.239 e. The van der Waals surface area contributed by atoms with Crippen LogP contribution in [0.1, 0.15) is 44.9 Å². The normalized spacial score (nSPS) is 25.4. The largest absolute Gasteiger partial charge is 0.352 e. The summed E-state index contributed by atoms with van der Waals surface area (Å²) in [6.07, 6.45) is 7.98. The molecule has 0 spiro atoms. The molecule has 0 radical (unpaired) electrons. The monoisotopic (exact) mass is 267 g/mol. The quantitative estimate of drug-likeness (QED) is 0.735. The second kappa shape index (κ2) is 6.89. The average Bonchev–Trinajstić information content (AvgIpc) is 2.60. The Hall–Kier alpha value is -1.10. The highest BCUT2D eigenvalue weighted by Crippen LogP contribution is 2.17. The predicted octanol–water partition coefficient (Wildman–Crippen LogP) is 0.646. The number of likely N-dealkylation sites (N-methyl/N-ethyl adjacent to an activating group) is 1. The van der Waals surface area contributed by atoms with Gasteiger partial charge in [0.25, 0.3) is 0 Å². The van der Waals surface area contributed by atoms with Crippen LogP contribution in [0.15, 0.2) is 0 Å². The summed E-state index contributed by atoms with van der Waals surface area (Å²) in [6, 6.07) is 0.156. The van der Waals surface area contributed by atoms with Gasteiger partial charge in [0.05, 0.1) is 12.6 Å². The highest BCUT2D eigenvalue weighted by Gasteiger charge is 2.28. The molecule has 5 nitrogen and oxygen atoms in total. The summed E-state index contributed by atoms with van der Waals surface area (Å²) in [5.41, 5.74) is 0. The number of carbonyl (C=O) groups excluding carboxylic acids is 2. The zero-order valence-corrected chi connectivity index (χ0v) is 11.8. The van der Waals surface area contributed by atoms with Crippen molar-refractivity contribution in [1.29, 1.82) is 0 Å². The average molecular weight is 267 g/mol. The van der Waals surface area contributed by atoms with Crippen LogP contribution in [-0.2, 0) is 9.59 Å². The number of hydrogen-bond donors (Lipinski definition) is 2. The van der Waals surface area contributed by atoms with Gasteiger partial charge in [0.15, 0.2) is 0 Å². The minimum absolute atomic E-state index is 0.0225. The first-order valence-corrected chi connectivity index (χ1v) is 7.44. The van der Waals surface area contributed by atoms with Gasteiger partial charge in [0.2, 0.25) is 11.8 Å². The van der Waals surface area contributed by atoms with Gasteiger partial charge >= 0.3 is 0 Å². The molecule has 5 heteroatoms. The van der Waals surface area contributed by atoms with Crippen LogP contribution in [0.25, 0.3) is 0 Å². The molecule has 2 amide bonds. The first-order valence-electron chi connectivity index (χ1n) is 7.44. The van der Waals surface area contributed by atoms with E-state index in [4.69, 9.17) is 0 Å². The number of amides is 2. The predicted molar refractivity (Wildman–Crippen MR) is 73.7 cm³/mol. The summed E-state index contributed by atoms with van der Waals surface area (Å²) in [5, 5.41) is 6.15. The van der Waals surface area contributed by atoms with Gasteiger partial charge in [-0.05, 0) is 19.3 Å². The van der Waals surface area contributed by atoms with Gasteiger partial charge in [-0.3, -0.25) is 14.9 Å². The van der Waals surface area contributed by atoms with Crippen molar-refractivity contribution < 1.29 is 9.59 Å². The van der Waals surface area contributed by atoms with Crippen LogP contribution in [-0.4, -0.2) is 48.9 Å². The Labute approximate surface area is 115 Å². The Balaban J connectivity index is 1.68. The molecular weight excluding hydrogens is 242 g/mol. The van der Waals surface area contributed by atoms with E-state index >= 15 is 0 Å². The molecule has 2 rings (SSSR count). The molecule has 0 aromatic heterocycles. The van der Waals surface area contributed by atoms with Crippen LogP contribution < -0.4 is 10.6 Å². The van der Waals surface area contributed by atoms with E-state index in [2.05, 4.69) is 10.6 Å². The fourth-order valence-electron chi connectivity index (χ4n) is 2.93. The molecule has 0 aromatic carbocycles. The molecule has 1 aliphatic heterocycles. The minimum Gasteiger partial charge on any atom is -0.352 e. The number of nitrogens with zero attached hydrogens (tertiary/aromatic N) is 1. The molecule has 1 unspecified atom stereocenters. The SMILES string of the molecule is CN1CCC(NCC(=O)NC2CCCCCC2)C1=O. The summed E-state index contributed by atoms with van der Waals surface area (Å²) >= 11 is 0. The van der Waals surface area contributed by atoms with Crippen LogP contribution in [0.3, 0.4) is 0 Å². The van der Waals surface area contributed by atoms with E-state index in [-0.39, 0.29) is 24.4 Å². The highest BCUT2D eigenvalue weighted by molar-refractivity contribution is 5.85. The van der Waals surface area contributed by atoms with Crippen molar-refractivity contribution >= 4 is 11.8 Å². The molecule has 1 heterocycles. The van der Waals surface area contributed by atoms with E-state index < -0.39 is 0 Å². The molecule has 2 fully saturated rings. The summed E-state index contributed by atoms with van der Waals surface area (Å²) in [6.45, 7) is 1.03. The second-order valence-electron chi connectivity index (χ2n) is 5.74. The summed E-state index contributed by atoms with van der Waals surface area (Å²) in [7, 11) is 1.80. The van der Waals surface area contributed by atoms with Crippen molar-refractivity contribution in [3.63, 3.8) is 0 Å². The van der Waals surface area contributed by atoms with Gasteiger partial charge in [-0.25, -0.2) is 0 Å². The zero-order chi connectivity index (χ0) is 13.7. The molecule has 1 atom stereocenters. The maximum absolute atomic E-state index is 11.9. The molecule has 1 saturated heterocycles. The highest BCUT2D eigenvalue weighted by atomic mass is 16.2. The number of nitrogens with one attached hydrogen (secondary N) is 2. The lowest BCUT2D eigenvalue weighted by molar-refractivity contribution is -0.128. The van der Waals surface area contributed by atoms with Gasteiger partial charge in [-0.15, -0.1) is 0 Å². The Morgan fingerprint density at radius 2 is 1.89 bits per heavy atom. The lowest BCUT2D eigenvalue weighted by atomic mass is 10.1. The fourth-order valence-corrected chi connectivity index (χ4v) is 2.93. The number of likely N-dealkylation sites (tertiary alicyclic amines) is 1. The molecule has 1 aliphatic carbocycles. The van der Waals surface area contributed by atoms with Crippen molar-refractivity contribution in [1.82, 2.24) is 15.5 Å². The van der Waals surface area contributed by atoms with Gasteiger partial charge < -0.3 is 10.2 Å². The molecule has 1 saturated carbocycles. The van der Waals surface area contributed by atoms with E-state index in [0.29, 0.717) is 6.04 Å². The Bertz CT molecular complexity index is 325. The van der Waals surface area contributed by atoms with Crippen LogP contribution in [0.4, 0.5) is 0 Å². The molecular formula is C14H25N3O2. The van der Waals surface area contributed by atoms with Crippen LogP contribution in [0.2, 0.25) is 0 Å². The Kier molecular flexibility index (Phi) is 5.19. The lowest BCUT2D eigenvalue weighted by Gasteiger charge is -2.17. The van der Waals surface area contributed by atoms with Crippen molar-refractivity contribution in [2.24, 2.45) is 0 Å². The molecule has 2 N–H and O–H groups in total. The van der Waals surface area contributed by atoms with Crippen LogP contribution in [0, 0.1) is 0 Å². The fraction of sp³-hybridized carbons (Fsp3) is 0.857. The lowest BCUT2D eigenvalue weighted by Crippen LogP contribution is -2.45. The van der Waals surface area contributed by atoms with E-state index in [9.17, 15) is 9.59 Å². The Morgan fingerprint density at radius 3 is 2.47 bits per heavy atom. The van der Waals surface area contributed by atoms with Gasteiger partial charge in [0, 0.05) is 19.6 Å². The summed E-state index contributed by atoms with van der Waals surface area (Å²) < 4.78 is 0. The Morgan fingerprint density at radius 1 is 1.21 bits per heavy atom. The van der Waals surface area contributed by atoms with Crippen LogP contribution in [0.5, 0.6) is 0 Å². The number of hydrogen-bond acceptors (Lipinski definition) is 3. The molecule has 0 aromatic rings. The van der Waals surface area contributed by atoms with Crippen molar-refractivity contribution in [2.75, 3.05) is 20.1 Å². The van der Waals surface area contributed by atoms with Crippen molar-refractivity contribution in [3.8, 4) is 0 Å². The van der Waals surface area contributed by atoms with Gasteiger partial charge in [-0.1, -0.05) is 25.7 Å². The van der Waals surface area contributed by atoms with Gasteiger partial charge in [0.1, 0.15) is 0 Å². The first-order chi connectivity index (χ1) is 9.16. The second-order valence-corrected chi connectivity index (χ2v) is 5.74. The molecule has 0 bridgehead atoms. The number of carbonyl (C=O) groups is 2. The topological polar surface area (TPSA) is 61.4 Å². The van der Waals surface area contributed by atoms with Crippen LogP contribution >= 0.6 is 0 Å². The summed E-state index contributed by atoms with van der Waals surface area (Å²) in [5.74, 6) is 0.122. The minimum atomic E-state index is -0.176. The third kappa shape index (κ3) is 4.20. The van der Waals surface area contributed by atoms with Crippen molar-refractivity contribution in [3.05, 3.63) is 0 Å². The number of rotatable bonds is 4. The van der Waals surface area contributed by atoms with Crippen molar-refractivity contribution in [2.45, 2.75) is 57.0 Å². The molecule has 2 aliphatic rings. The van der Waals surface area contributed by atoms with Gasteiger partial charge in [-0.2, -0.15) is 0 Å². The standard InChI is InChI=1S/C14H25N3O2/c1-17-9-8-12(14(17)19)15-10-13(18)16-11-6-4-2-3-5-7-11/h11-12,15H,2-10H2,1H3,(H,16,18). The molecule has 108 valence electrons. The maximum atomic E-state index is 11.9. The third-order valence-corrected chi connectivity index (χ3v) is 4.16. The summed E-state index contributed by atoms with van der Waals surface area (Å²) in [4.78, 5) is 25.3.